The highest BCUT2D eigenvalue weighted by atomic mass is 32.2. The van der Waals surface area contributed by atoms with Gasteiger partial charge in [0.05, 0.1) is 36.0 Å². The van der Waals surface area contributed by atoms with Crippen molar-refractivity contribution in [2.75, 3.05) is 64.3 Å². The molecule has 2 aliphatic heterocycles. The van der Waals surface area contributed by atoms with Crippen molar-refractivity contribution in [3.63, 3.8) is 0 Å². The maximum Gasteiger partial charge on any atom is 0.282 e. The molecule has 0 spiro atoms. The number of hydrogen-bond acceptors (Lipinski definition) is 6. The molecule has 11 heteroatoms. The van der Waals surface area contributed by atoms with Crippen LogP contribution < -0.4 is 5.32 Å². The lowest BCUT2D eigenvalue weighted by Crippen LogP contribution is -2.55. The minimum atomic E-state index is -3.44. The van der Waals surface area contributed by atoms with Crippen LogP contribution in [0.25, 0.3) is 5.69 Å². The SMILES string of the molecule is Cc1nn(-c2ccccc2)c(C)c1NC(=O)CCN1CCN(S(=O)(=O)N2CCOCC2)CC1. The molecule has 1 N–H and O–H groups in total. The average molecular weight is 477 g/mol. The molecule has 1 aromatic heterocycles. The van der Waals surface area contributed by atoms with Crippen molar-refractivity contribution in [1.29, 1.82) is 0 Å². The largest absolute Gasteiger partial charge is 0.379 e. The number of ether oxygens (including phenoxy) is 1. The first-order valence-corrected chi connectivity index (χ1v) is 12.7. The third-order valence-electron chi connectivity index (χ3n) is 6.17. The van der Waals surface area contributed by atoms with E-state index >= 15 is 0 Å². The van der Waals surface area contributed by atoms with E-state index in [1.54, 1.807) is 4.31 Å². The number of nitrogens with one attached hydrogen (secondary N) is 1. The number of amides is 1. The molecule has 0 aliphatic carbocycles. The Labute approximate surface area is 195 Å². The molecule has 3 heterocycles. The van der Waals surface area contributed by atoms with Gasteiger partial charge < -0.3 is 15.0 Å². The van der Waals surface area contributed by atoms with Crippen molar-refractivity contribution >= 4 is 21.8 Å². The number of aryl methyl sites for hydroxylation is 1. The van der Waals surface area contributed by atoms with Crippen LogP contribution in [0, 0.1) is 13.8 Å². The van der Waals surface area contributed by atoms with Gasteiger partial charge in [0.2, 0.25) is 5.91 Å². The zero-order valence-corrected chi connectivity index (χ0v) is 20.1. The summed E-state index contributed by atoms with van der Waals surface area (Å²) in [5, 5.41) is 7.58. The lowest BCUT2D eigenvalue weighted by Gasteiger charge is -2.37. The van der Waals surface area contributed by atoms with Gasteiger partial charge in [-0.3, -0.25) is 4.79 Å². The number of morpholine rings is 1. The molecule has 2 aromatic rings. The molecule has 33 heavy (non-hydrogen) atoms. The van der Waals surface area contributed by atoms with Gasteiger partial charge in [-0.2, -0.15) is 22.1 Å². The van der Waals surface area contributed by atoms with E-state index in [-0.39, 0.29) is 5.91 Å². The molecule has 4 rings (SSSR count). The Morgan fingerprint density at radius 1 is 1.00 bits per heavy atom. The Hall–Kier alpha value is -2.31. The number of piperazine rings is 1. The Morgan fingerprint density at radius 3 is 2.30 bits per heavy atom. The zero-order valence-electron chi connectivity index (χ0n) is 19.2. The van der Waals surface area contributed by atoms with Crippen LogP contribution in [0.15, 0.2) is 30.3 Å². The second-order valence-corrected chi connectivity index (χ2v) is 10.3. The molecule has 0 bridgehead atoms. The van der Waals surface area contributed by atoms with Crippen molar-refractivity contribution in [2.24, 2.45) is 0 Å². The van der Waals surface area contributed by atoms with Crippen LogP contribution in [0.2, 0.25) is 0 Å². The second kappa shape index (κ2) is 10.3. The maximum atomic E-state index is 12.8. The predicted octanol–water partition coefficient (Wildman–Crippen LogP) is 1.01. The van der Waals surface area contributed by atoms with Gasteiger partial charge in [-0.25, -0.2) is 4.68 Å². The molecular weight excluding hydrogens is 444 g/mol. The molecule has 1 aromatic carbocycles. The molecule has 0 saturated carbocycles. The minimum absolute atomic E-state index is 0.0721. The summed E-state index contributed by atoms with van der Waals surface area (Å²) >= 11 is 0. The van der Waals surface area contributed by atoms with Crippen LogP contribution in [0.5, 0.6) is 0 Å². The van der Waals surface area contributed by atoms with E-state index < -0.39 is 10.2 Å². The molecule has 2 fully saturated rings. The summed E-state index contributed by atoms with van der Waals surface area (Å²) in [6.07, 6.45) is 0.339. The van der Waals surface area contributed by atoms with E-state index in [1.165, 1.54) is 4.31 Å². The van der Waals surface area contributed by atoms with Crippen LogP contribution in [-0.2, 0) is 19.7 Å². The fourth-order valence-electron chi connectivity index (χ4n) is 4.23. The van der Waals surface area contributed by atoms with Gasteiger partial charge in [0, 0.05) is 52.2 Å². The number of carbonyl (C=O) groups excluding carboxylic acids is 1. The number of aromatic nitrogens is 2. The van der Waals surface area contributed by atoms with Crippen molar-refractivity contribution < 1.29 is 17.9 Å². The third kappa shape index (κ3) is 5.44. The van der Waals surface area contributed by atoms with Crippen molar-refractivity contribution in [3.8, 4) is 5.69 Å². The second-order valence-electron chi connectivity index (χ2n) is 8.35. The van der Waals surface area contributed by atoms with E-state index in [0.29, 0.717) is 65.4 Å². The fraction of sp³-hybridized carbons (Fsp3) is 0.545. The van der Waals surface area contributed by atoms with Crippen LogP contribution in [-0.4, -0.2) is 96.6 Å². The highest BCUT2D eigenvalue weighted by Gasteiger charge is 2.33. The number of para-hydroxylation sites is 1. The Bertz CT molecular complexity index is 1060. The van der Waals surface area contributed by atoms with Crippen LogP contribution >= 0.6 is 0 Å². The monoisotopic (exact) mass is 476 g/mol. The van der Waals surface area contributed by atoms with Gasteiger partial charge in [-0.05, 0) is 26.0 Å². The van der Waals surface area contributed by atoms with Gasteiger partial charge in [0.15, 0.2) is 0 Å². The zero-order chi connectivity index (χ0) is 23.4. The first kappa shape index (κ1) is 23.8. The Balaban J connectivity index is 1.27. The van der Waals surface area contributed by atoms with Gasteiger partial charge in [0.1, 0.15) is 0 Å². The molecule has 0 unspecified atom stereocenters. The quantitative estimate of drug-likeness (QED) is 0.640. The summed E-state index contributed by atoms with van der Waals surface area (Å²) in [4.78, 5) is 14.8. The van der Waals surface area contributed by atoms with Crippen LogP contribution in [0.4, 0.5) is 5.69 Å². The average Bonchev–Trinajstić information content (AvgIpc) is 3.12. The van der Waals surface area contributed by atoms with E-state index in [4.69, 9.17) is 4.74 Å². The van der Waals surface area contributed by atoms with Gasteiger partial charge in [-0.1, -0.05) is 18.2 Å². The Kier molecular flexibility index (Phi) is 7.45. The van der Waals surface area contributed by atoms with E-state index in [2.05, 4.69) is 15.3 Å². The molecule has 0 radical (unpaired) electrons. The molecule has 10 nitrogen and oxygen atoms in total. The normalized spacial score (nSPS) is 19.0. The summed E-state index contributed by atoms with van der Waals surface area (Å²) in [5.41, 5.74) is 3.34. The number of benzene rings is 1. The standard InChI is InChI=1S/C22H32N6O4S/c1-18-22(19(2)28(24-18)20-6-4-3-5-7-20)23-21(29)8-9-25-10-12-26(13-11-25)33(30,31)27-14-16-32-17-15-27/h3-7H,8-17H2,1-2H3,(H,23,29). The number of carbonyl (C=O) groups is 1. The van der Waals surface area contributed by atoms with E-state index in [0.717, 1.165) is 22.8 Å². The number of rotatable bonds is 7. The number of hydrogen-bond donors (Lipinski definition) is 1. The maximum absolute atomic E-state index is 12.8. The first-order chi connectivity index (χ1) is 15.9. The lowest BCUT2D eigenvalue weighted by atomic mass is 10.2. The predicted molar refractivity (Wildman–Crippen MR) is 126 cm³/mol. The number of anilines is 1. The van der Waals surface area contributed by atoms with Crippen molar-refractivity contribution in [2.45, 2.75) is 20.3 Å². The highest BCUT2D eigenvalue weighted by molar-refractivity contribution is 7.86. The van der Waals surface area contributed by atoms with Crippen molar-refractivity contribution in [3.05, 3.63) is 41.7 Å². The van der Waals surface area contributed by atoms with Gasteiger partial charge in [0.25, 0.3) is 10.2 Å². The summed E-state index contributed by atoms with van der Waals surface area (Å²) in [6, 6.07) is 9.82. The topological polar surface area (TPSA) is 100 Å². The van der Waals surface area contributed by atoms with Gasteiger partial charge in [-0.15, -0.1) is 0 Å². The summed E-state index contributed by atoms with van der Waals surface area (Å²) < 4.78 is 35.7. The molecule has 0 atom stereocenters. The molecule has 2 saturated heterocycles. The van der Waals surface area contributed by atoms with Crippen molar-refractivity contribution in [1.82, 2.24) is 23.3 Å². The minimum Gasteiger partial charge on any atom is -0.379 e. The van der Waals surface area contributed by atoms with E-state index in [1.807, 2.05) is 48.9 Å². The van der Waals surface area contributed by atoms with E-state index in [9.17, 15) is 13.2 Å². The summed E-state index contributed by atoms with van der Waals surface area (Å²) in [5.74, 6) is -0.0721. The lowest BCUT2D eigenvalue weighted by molar-refractivity contribution is -0.116. The highest BCUT2D eigenvalue weighted by Crippen LogP contribution is 2.23. The van der Waals surface area contributed by atoms with Crippen LogP contribution in [0.1, 0.15) is 17.8 Å². The molecule has 180 valence electrons. The molecule has 1 amide bonds. The number of nitrogens with zero attached hydrogens (tertiary/aromatic N) is 5. The molecular formula is C22H32N6O4S. The fourth-order valence-corrected chi connectivity index (χ4v) is 5.79. The first-order valence-electron chi connectivity index (χ1n) is 11.3. The molecule has 2 aliphatic rings. The smallest absolute Gasteiger partial charge is 0.282 e. The third-order valence-corrected chi connectivity index (χ3v) is 8.20. The summed E-state index contributed by atoms with van der Waals surface area (Å²) in [6.45, 7) is 8.20. The Morgan fingerprint density at radius 2 is 1.64 bits per heavy atom. The van der Waals surface area contributed by atoms with Gasteiger partial charge >= 0.3 is 0 Å². The van der Waals surface area contributed by atoms with Crippen LogP contribution in [0.3, 0.4) is 0 Å². The summed E-state index contributed by atoms with van der Waals surface area (Å²) in [7, 11) is -3.44.